The summed E-state index contributed by atoms with van der Waals surface area (Å²) in [5, 5.41) is 10.6. The quantitative estimate of drug-likeness (QED) is 0.189. The molecule has 24 heavy (non-hydrogen) atoms. The summed E-state index contributed by atoms with van der Waals surface area (Å²) in [4.78, 5) is 34.1. The summed E-state index contributed by atoms with van der Waals surface area (Å²) in [6.45, 7) is 1.45. The first-order valence-electron chi connectivity index (χ1n) is 7.14. The van der Waals surface area contributed by atoms with Gasteiger partial charge in [0.25, 0.3) is 5.69 Å². The van der Waals surface area contributed by atoms with Gasteiger partial charge in [0, 0.05) is 28.3 Å². The lowest BCUT2D eigenvalue weighted by Gasteiger charge is -2.05. The number of carbonyl (C=O) groups is 2. The lowest BCUT2D eigenvalue weighted by molar-refractivity contribution is -0.384. The standard InChI is InChI=1S/C17H15NO5S/c1-12(19)13-3-2-4-15(11-13)23-17(20)9-10-24-16-7-5-14(6-8-16)18(21)22/h2-8,11H,9-10H2,1H3. The van der Waals surface area contributed by atoms with E-state index in [9.17, 15) is 19.7 Å². The Bertz CT molecular complexity index is 758. The zero-order valence-corrected chi connectivity index (χ0v) is 13.7. The second-order valence-electron chi connectivity index (χ2n) is 4.91. The van der Waals surface area contributed by atoms with E-state index in [2.05, 4.69) is 0 Å². The Morgan fingerprint density at radius 1 is 1.17 bits per heavy atom. The normalized spacial score (nSPS) is 10.2. The van der Waals surface area contributed by atoms with Crippen LogP contribution < -0.4 is 4.74 Å². The molecular weight excluding hydrogens is 330 g/mol. The van der Waals surface area contributed by atoms with E-state index in [4.69, 9.17) is 4.74 Å². The van der Waals surface area contributed by atoms with Crippen LogP contribution in [0.1, 0.15) is 23.7 Å². The van der Waals surface area contributed by atoms with Gasteiger partial charge in [-0.1, -0.05) is 12.1 Å². The minimum Gasteiger partial charge on any atom is -0.426 e. The number of esters is 1. The molecule has 0 spiro atoms. The van der Waals surface area contributed by atoms with Crippen LogP contribution in [0.3, 0.4) is 0 Å². The predicted octanol–water partition coefficient (Wildman–Crippen LogP) is 3.89. The number of hydrogen-bond donors (Lipinski definition) is 0. The molecule has 2 rings (SSSR count). The molecule has 0 aliphatic rings. The second-order valence-corrected chi connectivity index (χ2v) is 6.08. The maximum absolute atomic E-state index is 11.8. The van der Waals surface area contributed by atoms with E-state index in [1.54, 1.807) is 30.3 Å². The average molecular weight is 345 g/mol. The molecule has 2 aromatic rings. The fraction of sp³-hybridized carbons (Fsp3) is 0.176. The van der Waals surface area contributed by atoms with E-state index in [1.165, 1.54) is 36.9 Å². The minimum atomic E-state index is -0.457. The highest BCUT2D eigenvalue weighted by atomic mass is 32.2. The van der Waals surface area contributed by atoms with Crippen molar-refractivity contribution in [3.05, 3.63) is 64.2 Å². The van der Waals surface area contributed by atoms with Crippen LogP contribution in [-0.4, -0.2) is 22.4 Å². The van der Waals surface area contributed by atoms with Crippen molar-refractivity contribution < 1.29 is 19.2 Å². The van der Waals surface area contributed by atoms with Crippen LogP contribution in [0.4, 0.5) is 5.69 Å². The van der Waals surface area contributed by atoms with Gasteiger partial charge < -0.3 is 4.74 Å². The van der Waals surface area contributed by atoms with Crippen molar-refractivity contribution in [1.82, 2.24) is 0 Å². The Balaban J connectivity index is 1.82. The van der Waals surface area contributed by atoms with Gasteiger partial charge in [-0.2, -0.15) is 0 Å². The molecule has 0 atom stereocenters. The molecule has 0 saturated carbocycles. The number of nitro groups is 1. The van der Waals surface area contributed by atoms with Crippen LogP contribution in [-0.2, 0) is 4.79 Å². The van der Waals surface area contributed by atoms with Gasteiger partial charge in [-0.25, -0.2) is 0 Å². The van der Waals surface area contributed by atoms with Gasteiger partial charge in [0.05, 0.1) is 11.3 Å². The van der Waals surface area contributed by atoms with Crippen molar-refractivity contribution in [2.75, 3.05) is 5.75 Å². The van der Waals surface area contributed by atoms with E-state index in [1.807, 2.05) is 0 Å². The number of nitrogens with zero attached hydrogens (tertiary/aromatic N) is 1. The molecule has 0 aliphatic heterocycles. The van der Waals surface area contributed by atoms with Crippen LogP contribution in [0.5, 0.6) is 5.75 Å². The zero-order chi connectivity index (χ0) is 17.5. The number of ether oxygens (including phenoxy) is 1. The molecule has 0 N–H and O–H groups in total. The molecule has 0 radical (unpaired) electrons. The van der Waals surface area contributed by atoms with Crippen molar-refractivity contribution in [1.29, 1.82) is 0 Å². The average Bonchev–Trinajstić information content (AvgIpc) is 2.55. The molecule has 0 aliphatic carbocycles. The maximum atomic E-state index is 11.8. The third kappa shape index (κ3) is 5.20. The molecule has 0 fully saturated rings. The lowest BCUT2D eigenvalue weighted by atomic mass is 10.1. The molecule has 0 unspecified atom stereocenters. The smallest absolute Gasteiger partial charge is 0.312 e. The molecular formula is C17H15NO5S. The number of carbonyl (C=O) groups excluding carboxylic acids is 2. The first-order valence-corrected chi connectivity index (χ1v) is 8.13. The largest absolute Gasteiger partial charge is 0.426 e. The third-order valence-corrected chi connectivity index (χ3v) is 4.11. The monoisotopic (exact) mass is 345 g/mol. The van der Waals surface area contributed by atoms with Gasteiger partial charge in [-0.15, -0.1) is 11.8 Å². The summed E-state index contributed by atoms with van der Waals surface area (Å²) in [5.41, 5.74) is 0.518. The number of ketones is 1. The van der Waals surface area contributed by atoms with Crippen molar-refractivity contribution in [2.45, 2.75) is 18.2 Å². The van der Waals surface area contributed by atoms with E-state index in [-0.39, 0.29) is 17.9 Å². The predicted molar refractivity (Wildman–Crippen MR) is 90.5 cm³/mol. The third-order valence-electron chi connectivity index (χ3n) is 3.09. The molecule has 0 bridgehead atoms. The topological polar surface area (TPSA) is 86.5 Å². The molecule has 2 aromatic carbocycles. The summed E-state index contributed by atoms with van der Waals surface area (Å²) in [6.07, 6.45) is 0.186. The number of non-ortho nitro benzene ring substituents is 1. The highest BCUT2D eigenvalue weighted by Gasteiger charge is 2.08. The SMILES string of the molecule is CC(=O)c1cccc(OC(=O)CCSc2ccc([N+](=O)[O-])cc2)c1. The van der Waals surface area contributed by atoms with E-state index in [0.717, 1.165) is 4.90 Å². The Morgan fingerprint density at radius 3 is 2.50 bits per heavy atom. The minimum absolute atomic E-state index is 0.0316. The Labute approximate surface area is 143 Å². The van der Waals surface area contributed by atoms with E-state index < -0.39 is 10.9 Å². The number of hydrogen-bond acceptors (Lipinski definition) is 6. The molecule has 0 amide bonds. The van der Waals surface area contributed by atoms with Gasteiger partial charge in [0.15, 0.2) is 5.78 Å². The molecule has 7 heteroatoms. The number of rotatable bonds is 7. The van der Waals surface area contributed by atoms with E-state index in [0.29, 0.717) is 17.1 Å². The highest BCUT2D eigenvalue weighted by molar-refractivity contribution is 7.99. The molecule has 6 nitrogen and oxygen atoms in total. The van der Waals surface area contributed by atoms with Gasteiger partial charge in [-0.05, 0) is 31.2 Å². The fourth-order valence-electron chi connectivity index (χ4n) is 1.88. The van der Waals surface area contributed by atoms with E-state index >= 15 is 0 Å². The number of benzene rings is 2. The first-order chi connectivity index (χ1) is 11.5. The van der Waals surface area contributed by atoms with Crippen LogP contribution in [0, 0.1) is 10.1 Å². The van der Waals surface area contributed by atoms with Crippen LogP contribution in [0.2, 0.25) is 0 Å². The Morgan fingerprint density at radius 2 is 1.88 bits per heavy atom. The Hall–Kier alpha value is -2.67. The summed E-state index contributed by atoms with van der Waals surface area (Å²) in [5.74, 6) is 0.336. The number of nitro benzene ring substituents is 1. The van der Waals surface area contributed by atoms with Crippen LogP contribution in [0.25, 0.3) is 0 Å². The molecule has 0 aromatic heterocycles. The summed E-state index contributed by atoms with van der Waals surface area (Å²) < 4.78 is 5.20. The molecule has 0 saturated heterocycles. The Kier molecular flexibility index (Phi) is 6.08. The van der Waals surface area contributed by atoms with Crippen molar-refractivity contribution >= 4 is 29.2 Å². The van der Waals surface area contributed by atoms with Crippen molar-refractivity contribution in [2.24, 2.45) is 0 Å². The summed E-state index contributed by atoms with van der Waals surface area (Å²) in [6, 6.07) is 12.6. The highest BCUT2D eigenvalue weighted by Crippen LogP contribution is 2.22. The van der Waals surface area contributed by atoms with Crippen LogP contribution >= 0.6 is 11.8 Å². The lowest BCUT2D eigenvalue weighted by Crippen LogP contribution is -2.09. The fourth-order valence-corrected chi connectivity index (χ4v) is 2.71. The zero-order valence-electron chi connectivity index (χ0n) is 12.9. The van der Waals surface area contributed by atoms with Crippen LogP contribution in [0.15, 0.2) is 53.4 Å². The molecule has 0 heterocycles. The van der Waals surface area contributed by atoms with Gasteiger partial charge >= 0.3 is 5.97 Å². The molecule has 124 valence electrons. The van der Waals surface area contributed by atoms with Gasteiger partial charge in [0.2, 0.25) is 0 Å². The summed E-state index contributed by atoms with van der Waals surface area (Å²) in [7, 11) is 0. The maximum Gasteiger partial charge on any atom is 0.312 e. The summed E-state index contributed by atoms with van der Waals surface area (Å²) >= 11 is 1.41. The number of Topliss-reactive ketones (excluding diaryl/α,β-unsaturated/α-hetero) is 1. The second kappa shape index (κ2) is 8.26. The van der Waals surface area contributed by atoms with Crippen molar-refractivity contribution in [3.8, 4) is 5.75 Å². The van der Waals surface area contributed by atoms with Crippen molar-refractivity contribution in [3.63, 3.8) is 0 Å². The number of thioether (sulfide) groups is 1. The first kappa shape index (κ1) is 17.7. The van der Waals surface area contributed by atoms with Gasteiger partial charge in [-0.3, -0.25) is 19.7 Å². The van der Waals surface area contributed by atoms with Gasteiger partial charge in [0.1, 0.15) is 5.75 Å².